The molecule has 0 radical (unpaired) electrons. The van der Waals surface area contributed by atoms with Crippen LogP contribution < -0.4 is 5.32 Å². The number of rotatable bonds is 0. The summed E-state index contributed by atoms with van der Waals surface area (Å²) >= 11 is 1.86. The highest BCUT2D eigenvalue weighted by Gasteiger charge is 2.12. The molecule has 52 valence electrons. The quantitative estimate of drug-likeness (QED) is 0.541. The molecule has 1 saturated heterocycles. The molecule has 1 heterocycles. The van der Waals surface area contributed by atoms with Crippen molar-refractivity contribution in [1.82, 2.24) is 5.32 Å². The van der Waals surface area contributed by atoms with Gasteiger partial charge in [0.05, 0.1) is 0 Å². The lowest BCUT2D eigenvalue weighted by molar-refractivity contribution is -0.120. The fraction of sp³-hybridized carbons (Fsp3) is 0.833. The van der Waals surface area contributed by atoms with Gasteiger partial charge in [0, 0.05) is 24.0 Å². The zero-order chi connectivity index (χ0) is 6.69. The van der Waals surface area contributed by atoms with E-state index in [1.807, 2.05) is 11.8 Å². The Morgan fingerprint density at radius 2 is 2.56 bits per heavy atom. The Balaban J connectivity index is 2.37. The van der Waals surface area contributed by atoms with Gasteiger partial charge < -0.3 is 5.32 Å². The van der Waals surface area contributed by atoms with Crippen molar-refractivity contribution in [1.29, 1.82) is 0 Å². The maximum absolute atomic E-state index is 10.8. The van der Waals surface area contributed by atoms with Gasteiger partial charge in [-0.1, -0.05) is 6.92 Å². The first kappa shape index (κ1) is 6.93. The van der Waals surface area contributed by atoms with Crippen molar-refractivity contribution in [3.8, 4) is 0 Å². The summed E-state index contributed by atoms with van der Waals surface area (Å²) in [6.45, 7) is 2.93. The predicted octanol–water partition coefficient (Wildman–Crippen LogP) is 0.628. The van der Waals surface area contributed by atoms with Gasteiger partial charge in [0.2, 0.25) is 5.91 Å². The largest absolute Gasteiger partial charge is 0.355 e. The molecule has 1 N–H and O–H groups in total. The van der Waals surface area contributed by atoms with Crippen LogP contribution in [0.5, 0.6) is 0 Å². The summed E-state index contributed by atoms with van der Waals surface area (Å²) in [5.74, 6) is 1.26. The summed E-state index contributed by atoms with van der Waals surface area (Å²) in [6.07, 6.45) is 0.685. The van der Waals surface area contributed by atoms with E-state index in [2.05, 4.69) is 12.2 Å². The van der Waals surface area contributed by atoms with Crippen LogP contribution >= 0.6 is 11.8 Å². The minimum Gasteiger partial charge on any atom is -0.355 e. The third-order valence-electron chi connectivity index (χ3n) is 1.30. The first-order chi connectivity index (χ1) is 4.29. The average molecular weight is 145 g/mol. The topological polar surface area (TPSA) is 29.1 Å². The Morgan fingerprint density at radius 3 is 3.33 bits per heavy atom. The van der Waals surface area contributed by atoms with Crippen molar-refractivity contribution in [2.45, 2.75) is 18.6 Å². The first-order valence-corrected chi connectivity index (χ1v) is 4.22. The first-order valence-electron chi connectivity index (χ1n) is 3.17. The van der Waals surface area contributed by atoms with Crippen molar-refractivity contribution in [3.05, 3.63) is 0 Å². The molecule has 1 rings (SSSR count). The average Bonchev–Trinajstić information content (AvgIpc) is 1.93. The summed E-state index contributed by atoms with van der Waals surface area (Å²) in [4.78, 5) is 10.8. The van der Waals surface area contributed by atoms with Crippen molar-refractivity contribution in [2.24, 2.45) is 0 Å². The van der Waals surface area contributed by atoms with Crippen LogP contribution in [-0.2, 0) is 4.79 Å². The minimum atomic E-state index is 0.201. The van der Waals surface area contributed by atoms with Crippen LogP contribution in [0.2, 0.25) is 0 Å². The Labute approximate surface area is 59.4 Å². The predicted molar refractivity (Wildman–Crippen MR) is 39.5 cm³/mol. The Hall–Kier alpha value is -0.180. The minimum absolute atomic E-state index is 0.201. The van der Waals surface area contributed by atoms with Gasteiger partial charge in [-0.15, -0.1) is 0 Å². The van der Waals surface area contributed by atoms with Gasteiger partial charge in [-0.05, 0) is 0 Å². The molecule has 1 aliphatic rings. The van der Waals surface area contributed by atoms with E-state index in [1.165, 1.54) is 0 Å². The molecule has 0 aromatic heterocycles. The molecule has 1 atom stereocenters. The number of carbonyl (C=O) groups is 1. The summed E-state index contributed by atoms with van der Waals surface area (Å²) in [6, 6.07) is 0. The van der Waals surface area contributed by atoms with Crippen LogP contribution in [0.25, 0.3) is 0 Å². The third kappa shape index (κ3) is 2.26. The van der Waals surface area contributed by atoms with E-state index in [-0.39, 0.29) is 5.91 Å². The number of hydrogen-bond donors (Lipinski definition) is 1. The molecule has 1 fully saturated rings. The van der Waals surface area contributed by atoms with Gasteiger partial charge in [-0.2, -0.15) is 11.8 Å². The van der Waals surface area contributed by atoms with Gasteiger partial charge in [0.15, 0.2) is 0 Å². The molecule has 1 aliphatic heterocycles. The van der Waals surface area contributed by atoms with Crippen molar-refractivity contribution in [2.75, 3.05) is 12.3 Å². The molecule has 1 unspecified atom stereocenters. The summed E-state index contributed by atoms with van der Waals surface area (Å²) in [7, 11) is 0. The molecule has 0 saturated carbocycles. The van der Waals surface area contributed by atoms with Gasteiger partial charge in [0.1, 0.15) is 0 Å². The van der Waals surface area contributed by atoms with Gasteiger partial charge in [-0.25, -0.2) is 0 Å². The highest BCUT2D eigenvalue weighted by Crippen LogP contribution is 2.14. The number of nitrogens with one attached hydrogen (secondary N) is 1. The molecule has 0 aromatic carbocycles. The molecule has 0 aromatic rings. The summed E-state index contributed by atoms with van der Waals surface area (Å²) in [5, 5.41) is 3.32. The van der Waals surface area contributed by atoms with E-state index in [0.717, 1.165) is 12.3 Å². The maximum atomic E-state index is 10.8. The fourth-order valence-corrected chi connectivity index (χ4v) is 1.73. The summed E-state index contributed by atoms with van der Waals surface area (Å²) < 4.78 is 0. The fourth-order valence-electron chi connectivity index (χ4n) is 0.843. The van der Waals surface area contributed by atoms with Crippen LogP contribution in [0.3, 0.4) is 0 Å². The van der Waals surface area contributed by atoms with Gasteiger partial charge in [-0.3, -0.25) is 4.79 Å². The standard InChI is InChI=1S/C6H11NOS/c1-5-4-6(8)7-2-3-9-5/h5H,2-4H2,1H3,(H,7,8). The van der Waals surface area contributed by atoms with Gasteiger partial charge in [0.25, 0.3) is 0 Å². The van der Waals surface area contributed by atoms with Crippen LogP contribution in [0.4, 0.5) is 0 Å². The van der Waals surface area contributed by atoms with E-state index in [0.29, 0.717) is 11.7 Å². The highest BCUT2D eigenvalue weighted by atomic mass is 32.2. The molecular formula is C6H11NOS. The lowest BCUT2D eigenvalue weighted by atomic mass is 10.3. The molecule has 1 amide bonds. The Kier molecular flexibility index (Phi) is 2.39. The molecule has 0 bridgehead atoms. The SMILES string of the molecule is CC1CC(=O)NCCS1. The zero-order valence-corrected chi connectivity index (χ0v) is 6.33. The van der Waals surface area contributed by atoms with Crippen LogP contribution in [-0.4, -0.2) is 23.5 Å². The Morgan fingerprint density at radius 1 is 1.78 bits per heavy atom. The lowest BCUT2D eigenvalue weighted by Crippen LogP contribution is -2.23. The molecule has 9 heavy (non-hydrogen) atoms. The van der Waals surface area contributed by atoms with Crippen molar-refractivity contribution < 1.29 is 4.79 Å². The molecule has 0 spiro atoms. The lowest BCUT2D eigenvalue weighted by Gasteiger charge is -2.01. The second kappa shape index (κ2) is 3.11. The highest BCUT2D eigenvalue weighted by molar-refractivity contribution is 7.99. The smallest absolute Gasteiger partial charge is 0.221 e. The number of thioether (sulfide) groups is 1. The van der Waals surface area contributed by atoms with E-state index < -0.39 is 0 Å². The third-order valence-corrected chi connectivity index (χ3v) is 2.47. The van der Waals surface area contributed by atoms with E-state index in [9.17, 15) is 4.79 Å². The number of carbonyl (C=O) groups excluding carboxylic acids is 1. The summed E-state index contributed by atoms with van der Waals surface area (Å²) in [5.41, 5.74) is 0. The van der Waals surface area contributed by atoms with Gasteiger partial charge >= 0.3 is 0 Å². The Bertz CT molecular complexity index is 116. The molecular weight excluding hydrogens is 134 g/mol. The van der Waals surface area contributed by atoms with E-state index in [1.54, 1.807) is 0 Å². The van der Waals surface area contributed by atoms with Crippen LogP contribution in [0, 0.1) is 0 Å². The molecule has 0 aliphatic carbocycles. The second-order valence-electron chi connectivity index (χ2n) is 2.24. The number of hydrogen-bond acceptors (Lipinski definition) is 2. The van der Waals surface area contributed by atoms with E-state index >= 15 is 0 Å². The molecule has 3 heteroatoms. The number of amides is 1. The van der Waals surface area contributed by atoms with Crippen molar-refractivity contribution >= 4 is 17.7 Å². The normalized spacial score (nSPS) is 29.0. The van der Waals surface area contributed by atoms with Crippen LogP contribution in [0.15, 0.2) is 0 Å². The van der Waals surface area contributed by atoms with Crippen molar-refractivity contribution in [3.63, 3.8) is 0 Å². The zero-order valence-electron chi connectivity index (χ0n) is 5.52. The second-order valence-corrected chi connectivity index (χ2v) is 3.78. The van der Waals surface area contributed by atoms with Crippen LogP contribution in [0.1, 0.15) is 13.3 Å². The monoisotopic (exact) mass is 145 g/mol. The molecule has 2 nitrogen and oxygen atoms in total. The van der Waals surface area contributed by atoms with E-state index in [4.69, 9.17) is 0 Å². The maximum Gasteiger partial charge on any atom is 0.221 e.